The van der Waals surface area contributed by atoms with Crippen LogP contribution in [0, 0.1) is 0 Å². The number of hydrogen-bond donors (Lipinski definition) is 1. The van der Waals surface area contributed by atoms with E-state index in [1.165, 1.54) is 11.8 Å². The first-order chi connectivity index (χ1) is 11.7. The predicted molar refractivity (Wildman–Crippen MR) is 93.4 cm³/mol. The molecule has 122 valence electrons. The quantitative estimate of drug-likeness (QED) is 0.551. The maximum Gasteiger partial charge on any atom is 0.224 e. The summed E-state index contributed by atoms with van der Waals surface area (Å²) in [6.45, 7) is 1.79. The van der Waals surface area contributed by atoms with Crippen LogP contribution in [0.15, 0.2) is 53.8 Å². The topological polar surface area (TPSA) is 76.4 Å². The number of carbonyl (C=O) groups excluding carboxylic acids is 2. The van der Waals surface area contributed by atoms with Gasteiger partial charge in [-0.25, -0.2) is 0 Å². The summed E-state index contributed by atoms with van der Waals surface area (Å²) in [6.07, 6.45) is 2.29. The Bertz CT molecular complexity index is 874. The molecule has 0 atom stereocenters. The van der Waals surface area contributed by atoms with E-state index in [-0.39, 0.29) is 17.4 Å². The fourth-order valence-corrected chi connectivity index (χ4v) is 2.94. The fraction of sp³-hybridized carbons (Fsp3) is 0.176. The Morgan fingerprint density at radius 2 is 1.92 bits per heavy atom. The second-order valence-corrected chi connectivity index (χ2v) is 6.04. The van der Waals surface area contributed by atoms with Crippen LogP contribution >= 0.6 is 11.8 Å². The van der Waals surface area contributed by atoms with Gasteiger partial charge in [0.25, 0.3) is 0 Å². The number of fused-ring (bicyclic) bond motifs is 1. The first-order valence-electron chi connectivity index (χ1n) is 7.53. The summed E-state index contributed by atoms with van der Waals surface area (Å²) >= 11 is 1.35. The molecule has 7 heteroatoms. The summed E-state index contributed by atoms with van der Waals surface area (Å²) in [4.78, 5) is 23.6. The molecule has 0 aliphatic carbocycles. The maximum atomic E-state index is 12.3. The molecule has 0 saturated heterocycles. The molecule has 1 amide bonds. The third-order valence-corrected chi connectivity index (χ3v) is 4.37. The van der Waals surface area contributed by atoms with E-state index in [1.807, 2.05) is 28.8 Å². The van der Waals surface area contributed by atoms with Crippen LogP contribution < -0.4 is 5.32 Å². The number of rotatable bonds is 6. The average molecular weight is 340 g/mol. The highest BCUT2D eigenvalue weighted by Crippen LogP contribution is 2.19. The van der Waals surface area contributed by atoms with Gasteiger partial charge in [0.2, 0.25) is 5.91 Å². The lowest BCUT2D eigenvalue weighted by molar-refractivity contribution is -0.115. The first kappa shape index (κ1) is 16.2. The lowest BCUT2D eigenvalue weighted by atomic mass is 10.1. The van der Waals surface area contributed by atoms with Gasteiger partial charge >= 0.3 is 0 Å². The second kappa shape index (κ2) is 7.27. The Morgan fingerprint density at radius 1 is 1.12 bits per heavy atom. The van der Waals surface area contributed by atoms with Gasteiger partial charge in [0.15, 0.2) is 16.6 Å². The van der Waals surface area contributed by atoms with E-state index in [0.29, 0.717) is 22.8 Å². The van der Waals surface area contributed by atoms with Gasteiger partial charge in [-0.2, -0.15) is 0 Å². The van der Waals surface area contributed by atoms with Crippen molar-refractivity contribution in [1.82, 2.24) is 14.6 Å². The van der Waals surface area contributed by atoms with Gasteiger partial charge < -0.3 is 5.32 Å². The lowest BCUT2D eigenvalue weighted by Crippen LogP contribution is -2.09. The molecule has 1 aromatic carbocycles. The Labute approximate surface area is 143 Å². The van der Waals surface area contributed by atoms with Crippen LogP contribution in [0.2, 0.25) is 0 Å². The third kappa shape index (κ3) is 3.62. The van der Waals surface area contributed by atoms with Crippen LogP contribution in [0.1, 0.15) is 23.7 Å². The number of thioether (sulfide) groups is 1. The summed E-state index contributed by atoms with van der Waals surface area (Å²) in [6, 6.07) is 12.6. The van der Waals surface area contributed by atoms with Crippen LogP contribution in [0.4, 0.5) is 5.69 Å². The van der Waals surface area contributed by atoms with Gasteiger partial charge in [0, 0.05) is 23.9 Å². The number of Topliss-reactive ketones (excluding diaryl/α,β-unsaturated/α-hetero) is 1. The highest BCUT2D eigenvalue weighted by atomic mass is 32.2. The van der Waals surface area contributed by atoms with Crippen LogP contribution in [-0.4, -0.2) is 32.0 Å². The largest absolute Gasteiger partial charge is 0.326 e. The van der Waals surface area contributed by atoms with Crippen molar-refractivity contribution in [2.75, 3.05) is 11.1 Å². The summed E-state index contributed by atoms with van der Waals surface area (Å²) in [5.41, 5.74) is 2.05. The first-order valence-corrected chi connectivity index (χ1v) is 8.51. The number of nitrogens with zero attached hydrogens (tertiary/aromatic N) is 3. The zero-order chi connectivity index (χ0) is 16.9. The third-order valence-electron chi connectivity index (χ3n) is 3.43. The number of amides is 1. The summed E-state index contributed by atoms with van der Waals surface area (Å²) < 4.78 is 1.85. The van der Waals surface area contributed by atoms with E-state index in [4.69, 9.17) is 0 Å². The van der Waals surface area contributed by atoms with Crippen LogP contribution in [0.3, 0.4) is 0 Å². The van der Waals surface area contributed by atoms with Crippen LogP contribution in [-0.2, 0) is 4.79 Å². The minimum Gasteiger partial charge on any atom is -0.326 e. The number of nitrogens with one attached hydrogen (secondary N) is 1. The summed E-state index contributed by atoms with van der Waals surface area (Å²) in [5, 5.41) is 11.6. The predicted octanol–water partition coefficient (Wildman–Crippen LogP) is 3.05. The molecular weight excluding hydrogens is 324 g/mol. The number of ketones is 1. The van der Waals surface area contributed by atoms with E-state index >= 15 is 0 Å². The Morgan fingerprint density at radius 3 is 2.67 bits per heavy atom. The lowest BCUT2D eigenvalue weighted by Gasteiger charge is -2.05. The molecule has 0 fully saturated rings. The van der Waals surface area contributed by atoms with Crippen molar-refractivity contribution in [2.45, 2.75) is 18.5 Å². The molecule has 0 spiro atoms. The van der Waals surface area contributed by atoms with Gasteiger partial charge in [-0.3, -0.25) is 14.0 Å². The molecule has 3 rings (SSSR count). The molecule has 1 N–H and O–H groups in total. The SMILES string of the molecule is CCC(=O)Nc1ccc(C(=O)CSc2nnc3ccccn23)cc1. The number of pyridine rings is 1. The molecule has 0 saturated carbocycles. The Hall–Kier alpha value is -2.67. The van der Waals surface area contributed by atoms with Gasteiger partial charge in [0.1, 0.15) is 0 Å². The van der Waals surface area contributed by atoms with Crippen molar-refractivity contribution in [1.29, 1.82) is 0 Å². The smallest absolute Gasteiger partial charge is 0.224 e. The number of carbonyl (C=O) groups is 2. The maximum absolute atomic E-state index is 12.3. The molecule has 0 bridgehead atoms. The zero-order valence-corrected chi connectivity index (χ0v) is 13.9. The minimum atomic E-state index is -0.0525. The zero-order valence-electron chi connectivity index (χ0n) is 13.1. The molecule has 0 radical (unpaired) electrons. The molecular formula is C17H16N4O2S. The van der Waals surface area contributed by atoms with Crippen molar-refractivity contribution in [3.8, 4) is 0 Å². The van der Waals surface area contributed by atoms with Crippen LogP contribution in [0.25, 0.3) is 5.65 Å². The normalized spacial score (nSPS) is 10.7. The average Bonchev–Trinajstić information content (AvgIpc) is 3.03. The molecule has 0 aliphatic heterocycles. The van der Waals surface area contributed by atoms with Gasteiger partial charge in [-0.1, -0.05) is 24.8 Å². The number of benzene rings is 1. The molecule has 0 unspecified atom stereocenters. The number of hydrogen-bond acceptors (Lipinski definition) is 5. The second-order valence-electron chi connectivity index (χ2n) is 5.10. The summed E-state index contributed by atoms with van der Waals surface area (Å²) in [5.74, 6) is 0.223. The van der Waals surface area contributed by atoms with Crippen molar-refractivity contribution in [3.05, 3.63) is 54.2 Å². The molecule has 2 heterocycles. The van der Waals surface area contributed by atoms with Gasteiger partial charge in [0.05, 0.1) is 5.75 Å². The van der Waals surface area contributed by atoms with Crippen molar-refractivity contribution in [2.24, 2.45) is 0 Å². The van der Waals surface area contributed by atoms with Gasteiger partial charge in [-0.05, 0) is 36.4 Å². The highest BCUT2D eigenvalue weighted by Gasteiger charge is 2.11. The minimum absolute atomic E-state index is 0.000971. The van der Waals surface area contributed by atoms with E-state index in [0.717, 1.165) is 5.65 Å². The standard InChI is InChI=1S/C17H16N4O2S/c1-2-16(23)18-13-8-6-12(7-9-13)14(22)11-24-17-20-19-15-5-3-4-10-21(15)17/h3-10H,2,11H2,1H3,(H,18,23). The van der Waals surface area contributed by atoms with Crippen LogP contribution in [0.5, 0.6) is 0 Å². The van der Waals surface area contributed by atoms with E-state index in [2.05, 4.69) is 15.5 Å². The summed E-state index contributed by atoms with van der Waals surface area (Å²) in [7, 11) is 0. The number of aromatic nitrogens is 3. The molecule has 6 nitrogen and oxygen atoms in total. The highest BCUT2D eigenvalue weighted by molar-refractivity contribution is 7.99. The fourth-order valence-electron chi connectivity index (χ4n) is 2.12. The van der Waals surface area contributed by atoms with Gasteiger partial charge in [-0.15, -0.1) is 10.2 Å². The molecule has 24 heavy (non-hydrogen) atoms. The van der Waals surface area contributed by atoms with Crippen molar-refractivity contribution in [3.63, 3.8) is 0 Å². The van der Waals surface area contributed by atoms with E-state index in [9.17, 15) is 9.59 Å². The van der Waals surface area contributed by atoms with E-state index < -0.39 is 0 Å². The molecule has 0 aliphatic rings. The Balaban J connectivity index is 1.63. The van der Waals surface area contributed by atoms with E-state index in [1.54, 1.807) is 31.2 Å². The van der Waals surface area contributed by atoms with Crippen molar-refractivity contribution >= 4 is 34.8 Å². The monoisotopic (exact) mass is 340 g/mol. The molecule has 3 aromatic rings. The number of anilines is 1. The molecule has 2 aromatic heterocycles. The Kier molecular flexibility index (Phi) is 4.90. The van der Waals surface area contributed by atoms with Crippen molar-refractivity contribution < 1.29 is 9.59 Å².